The van der Waals surface area contributed by atoms with Crippen LogP contribution in [0.25, 0.3) is 0 Å². The van der Waals surface area contributed by atoms with E-state index in [0.717, 1.165) is 12.3 Å². The Kier molecular flexibility index (Phi) is 4.16. The Balaban J connectivity index is 1.42. The van der Waals surface area contributed by atoms with Gasteiger partial charge in [-0.15, -0.1) is 0 Å². The number of amides is 1. The lowest BCUT2D eigenvalue weighted by molar-refractivity contribution is -0.137. The van der Waals surface area contributed by atoms with Gasteiger partial charge in [-0.1, -0.05) is 0 Å². The Morgan fingerprint density at radius 1 is 1.11 bits per heavy atom. The van der Waals surface area contributed by atoms with Crippen LogP contribution in [0.3, 0.4) is 0 Å². The van der Waals surface area contributed by atoms with E-state index in [-0.39, 0.29) is 23.3 Å². The van der Waals surface area contributed by atoms with Gasteiger partial charge in [0.15, 0.2) is 0 Å². The smallest absolute Gasteiger partial charge is 0.356 e. The fourth-order valence-electron chi connectivity index (χ4n) is 3.85. The molecule has 4 heterocycles. The molecule has 0 aromatic carbocycles. The number of hydrogen-bond donors (Lipinski definition) is 1. The number of aromatic nitrogens is 2. The van der Waals surface area contributed by atoms with E-state index in [1.54, 1.807) is 11.0 Å². The maximum absolute atomic E-state index is 12.7. The van der Waals surface area contributed by atoms with E-state index in [9.17, 15) is 22.8 Å². The van der Waals surface area contributed by atoms with Crippen LogP contribution in [0, 0.1) is 11.8 Å². The van der Waals surface area contributed by atoms with Gasteiger partial charge in [-0.3, -0.25) is 9.59 Å². The lowest BCUT2D eigenvalue weighted by Gasteiger charge is -2.22. The molecule has 4 rings (SSSR count). The van der Waals surface area contributed by atoms with E-state index < -0.39 is 17.3 Å². The highest BCUT2D eigenvalue weighted by atomic mass is 19.4. The molecule has 9 heteroatoms. The maximum atomic E-state index is 12.7. The molecule has 0 aliphatic carbocycles. The average Bonchev–Trinajstić information content (AvgIpc) is 3.20. The van der Waals surface area contributed by atoms with Gasteiger partial charge in [0.2, 0.25) is 0 Å². The first-order valence-electron chi connectivity index (χ1n) is 8.58. The van der Waals surface area contributed by atoms with Crippen LogP contribution in [-0.4, -0.2) is 47.0 Å². The lowest BCUT2D eigenvalue weighted by Crippen LogP contribution is -2.36. The Morgan fingerprint density at radius 2 is 1.81 bits per heavy atom. The van der Waals surface area contributed by atoms with Crippen molar-refractivity contribution in [3.8, 4) is 0 Å². The largest absolute Gasteiger partial charge is 0.417 e. The summed E-state index contributed by atoms with van der Waals surface area (Å²) in [5.41, 5.74) is -1.05. The van der Waals surface area contributed by atoms with Gasteiger partial charge in [-0.2, -0.15) is 13.2 Å². The van der Waals surface area contributed by atoms with E-state index in [0.29, 0.717) is 32.0 Å². The summed E-state index contributed by atoms with van der Waals surface area (Å²) in [5.74, 6) is 0.641. The summed E-state index contributed by atoms with van der Waals surface area (Å²) in [6, 6.07) is 5.54. The van der Waals surface area contributed by atoms with Crippen LogP contribution < -0.4 is 10.5 Å². The molecule has 2 saturated heterocycles. The van der Waals surface area contributed by atoms with Crippen LogP contribution in [0.15, 0.2) is 41.5 Å². The summed E-state index contributed by atoms with van der Waals surface area (Å²) in [6.07, 6.45) is -2.07. The highest BCUT2D eigenvalue weighted by molar-refractivity contribution is 5.94. The van der Waals surface area contributed by atoms with Gasteiger partial charge in [0, 0.05) is 50.4 Å². The monoisotopic (exact) mass is 378 g/mol. The Morgan fingerprint density at radius 3 is 2.37 bits per heavy atom. The number of fused-ring (bicyclic) bond motifs is 1. The predicted molar refractivity (Wildman–Crippen MR) is 91.4 cm³/mol. The third kappa shape index (κ3) is 3.29. The first-order chi connectivity index (χ1) is 12.8. The zero-order valence-electron chi connectivity index (χ0n) is 14.2. The van der Waals surface area contributed by atoms with Crippen LogP contribution in [0.5, 0.6) is 0 Å². The molecular weight excluding hydrogens is 361 g/mol. The van der Waals surface area contributed by atoms with Gasteiger partial charge in [-0.25, -0.2) is 4.98 Å². The van der Waals surface area contributed by atoms with Crippen molar-refractivity contribution in [1.29, 1.82) is 0 Å². The summed E-state index contributed by atoms with van der Waals surface area (Å²) in [5, 5.41) is 0. The van der Waals surface area contributed by atoms with Gasteiger partial charge in [0.1, 0.15) is 11.4 Å². The summed E-state index contributed by atoms with van der Waals surface area (Å²) < 4.78 is 38.0. The van der Waals surface area contributed by atoms with Crippen molar-refractivity contribution >= 4 is 11.7 Å². The molecule has 2 atom stereocenters. The lowest BCUT2D eigenvalue weighted by atomic mass is 10.0. The zero-order chi connectivity index (χ0) is 19.2. The number of H-pyrrole nitrogens is 1. The number of nitrogens with one attached hydrogen (secondary N) is 1. The number of rotatable bonds is 2. The van der Waals surface area contributed by atoms with Gasteiger partial charge in [0.25, 0.3) is 11.5 Å². The van der Waals surface area contributed by atoms with E-state index in [1.165, 1.54) is 18.3 Å². The highest BCUT2D eigenvalue weighted by Crippen LogP contribution is 2.35. The predicted octanol–water partition coefficient (Wildman–Crippen LogP) is 2.00. The minimum absolute atomic E-state index is 0.124. The fraction of sp³-hybridized carbons (Fsp3) is 0.389. The van der Waals surface area contributed by atoms with Crippen LogP contribution in [0.1, 0.15) is 15.9 Å². The second kappa shape index (κ2) is 6.40. The van der Waals surface area contributed by atoms with Crippen molar-refractivity contribution in [2.45, 2.75) is 6.18 Å². The minimum Gasteiger partial charge on any atom is -0.356 e. The van der Waals surface area contributed by atoms with Crippen molar-refractivity contribution in [2.24, 2.45) is 11.8 Å². The third-order valence-electron chi connectivity index (χ3n) is 5.22. The molecule has 2 fully saturated rings. The van der Waals surface area contributed by atoms with Crippen LogP contribution in [0.4, 0.5) is 19.0 Å². The SMILES string of the molecule is O=C(c1ccc[nH]c1=O)N1CC2CN(c3ccc(C(F)(F)F)cn3)CC2C1. The number of pyridine rings is 2. The number of carbonyl (C=O) groups is 1. The molecule has 2 aliphatic rings. The zero-order valence-corrected chi connectivity index (χ0v) is 14.2. The molecule has 0 spiro atoms. The number of aromatic amines is 1. The standard InChI is InChI=1S/C18H17F3N4O2/c19-18(20,21)13-3-4-15(23-6-13)24-7-11-9-25(10-12(11)8-24)17(27)14-2-1-5-22-16(14)26/h1-6,11-12H,7-10H2,(H,22,26). The highest BCUT2D eigenvalue weighted by Gasteiger charge is 2.42. The van der Waals surface area contributed by atoms with Crippen molar-refractivity contribution in [1.82, 2.24) is 14.9 Å². The van der Waals surface area contributed by atoms with Crippen molar-refractivity contribution in [2.75, 3.05) is 31.1 Å². The van der Waals surface area contributed by atoms with Crippen LogP contribution >= 0.6 is 0 Å². The van der Waals surface area contributed by atoms with Crippen LogP contribution in [-0.2, 0) is 6.18 Å². The topological polar surface area (TPSA) is 69.3 Å². The van der Waals surface area contributed by atoms with Crippen LogP contribution in [0.2, 0.25) is 0 Å². The van der Waals surface area contributed by atoms with E-state index in [4.69, 9.17) is 0 Å². The van der Waals surface area contributed by atoms with Gasteiger partial charge < -0.3 is 14.8 Å². The van der Waals surface area contributed by atoms with E-state index >= 15 is 0 Å². The molecule has 2 unspecified atom stereocenters. The molecular formula is C18H17F3N4O2. The Bertz CT molecular complexity index is 896. The number of nitrogens with zero attached hydrogens (tertiary/aromatic N) is 3. The first-order valence-corrected chi connectivity index (χ1v) is 8.58. The number of hydrogen-bond acceptors (Lipinski definition) is 4. The summed E-state index contributed by atoms with van der Waals surface area (Å²) >= 11 is 0. The molecule has 0 radical (unpaired) electrons. The molecule has 27 heavy (non-hydrogen) atoms. The molecule has 2 aliphatic heterocycles. The molecule has 0 bridgehead atoms. The quantitative estimate of drug-likeness (QED) is 0.868. The minimum atomic E-state index is -4.40. The fourth-order valence-corrected chi connectivity index (χ4v) is 3.85. The second-order valence-corrected chi connectivity index (χ2v) is 6.95. The number of anilines is 1. The number of halogens is 3. The number of carbonyl (C=O) groups excluding carboxylic acids is 1. The second-order valence-electron chi connectivity index (χ2n) is 6.95. The summed E-state index contributed by atoms with van der Waals surface area (Å²) in [6.45, 7) is 2.29. The molecule has 2 aromatic heterocycles. The first kappa shape index (κ1) is 17.6. The van der Waals surface area contributed by atoms with E-state index in [1.807, 2.05) is 4.90 Å². The van der Waals surface area contributed by atoms with Gasteiger partial charge in [0.05, 0.1) is 5.56 Å². The maximum Gasteiger partial charge on any atom is 0.417 e. The average molecular weight is 378 g/mol. The van der Waals surface area contributed by atoms with Crippen molar-refractivity contribution < 1.29 is 18.0 Å². The third-order valence-corrected chi connectivity index (χ3v) is 5.22. The Labute approximate surface area is 152 Å². The molecule has 142 valence electrons. The van der Waals surface area contributed by atoms with Gasteiger partial charge >= 0.3 is 6.18 Å². The molecule has 1 N–H and O–H groups in total. The molecule has 2 aromatic rings. The van der Waals surface area contributed by atoms with E-state index in [2.05, 4.69) is 9.97 Å². The van der Waals surface area contributed by atoms with Crippen molar-refractivity contribution in [3.63, 3.8) is 0 Å². The summed E-state index contributed by atoms with van der Waals surface area (Å²) in [7, 11) is 0. The van der Waals surface area contributed by atoms with Crippen molar-refractivity contribution in [3.05, 3.63) is 58.1 Å². The molecule has 0 saturated carbocycles. The number of likely N-dealkylation sites (tertiary alicyclic amines) is 1. The Hall–Kier alpha value is -2.84. The summed E-state index contributed by atoms with van der Waals surface area (Å²) in [4.78, 5) is 34.4. The normalized spacial score (nSPS) is 22.2. The molecule has 1 amide bonds. The molecule has 6 nitrogen and oxygen atoms in total. The number of alkyl halides is 3. The van der Waals surface area contributed by atoms with Gasteiger partial charge in [-0.05, 0) is 24.3 Å².